The van der Waals surface area contributed by atoms with Gasteiger partial charge < -0.3 is 19.7 Å². The summed E-state index contributed by atoms with van der Waals surface area (Å²) >= 11 is 1.21. The molecule has 2 aliphatic heterocycles. The number of thioether (sulfide) groups is 1. The first kappa shape index (κ1) is 25.7. The van der Waals surface area contributed by atoms with Crippen LogP contribution in [-0.4, -0.2) is 32.1 Å². The molecule has 6 nitrogen and oxygen atoms in total. The quantitative estimate of drug-likeness (QED) is 0.407. The maximum absolute atomic E-state index is 13.0. The number of benzene rings is 3. The van der Waals surface area contributed by atoms with Crippen molar-refractivity contribution in [3.63, 3.8) is 0 Å². The number of carbonyl (C=O) groups is 2. The highest BCUT2D eigenvalue weighted by molar-refractivity contribution is 8.04. The van der Waals surface area contributed by atoms with Crippen molar-refractivity contribution in [3.8, 4) is 11.5 Å². The molecule has 3 aromatic carbocycles. The molecule has 38 heavy (non-hydrogen) atoms. The predicted molar refractivity (Wildman–Crippen MR) is 138 cm³/mol. The summed E-state index contributed by atoms with van der Waals surface area (Å²) in [5, 5.41) is 2.97. The maximum atomic E-state index is 13.0. The lowest BCUT2D eigenvalue weighted by Crippen LogP contribution is -2.31. The standard InChI is InChI=1S/C28H23F3N2O4S/c1-16(18-5-9-22-23(15-18)37-12-11-36-22)32-26(34)19-6-10-24-21(14-19)33(2)27(35)25(38-24)13-17-3-7-20(8-4-17)28(29,30)31/h3-10,13-16H,11-12H2,1-2H3,(H,32,34)/b25-13-/t16-/m0/s1. The van der Waals surface area contributed by atoms with Crippen molar-refractivity contribution in [1.29, 1.82) is 0 Å². The molecule has 1 atom stereocenters. The Kier molecular flexibility index (Phi) is 6.83. The number of ether oxygens (including phenoxy) is 2. The average molecular weight is 541 g/mol. The van der Waals surface area contributed by atoms with E-state index in [-0.39, 0.29) is 17.9 Å². The fourth-order valence-electron chi connectivity index (χ4n) is 4.15. The Morgan fingerprint density at radius 2 is 1.74 bits per heavy atom. The highest BCUT2D eigenvalue weighted by Crippen LogP contribution is 2.42. The molecule has 2 amide bonds. The molecule has 0 aliphatic carbocycles. The molecule has 3 aromatic rings. The van der Waals surface area contributed by atoms with Gasteiger partial charge in [0.05, 0.1) is 22.2 Å². The van der Waals surface area contributed by atoms with Crippen LogP contribution in [-0.2, 0) is 11.0 Å². The summed E-state index contributed by atoms with van der Waals surface area (Å²) in [6.45, 7) is 2.84. The zero-order chi connectivity index (χ0) is 27.0. The Hall–Kier alpha value is -3.92. The minimum absolute atomic E-state index is 0.299. The number of anilines is 1. The van der Waals surface area contributed by atoms with E-state index in [0.717, 1.165) is 22.6 Å². The van der Waals surface area contributed by atoms with Gasteiger partial charge in [-0.3, -0.25) is 9.59 Å². The topological polar surface area (TPSA) is 67.9 Å². The van der Waals surface area contributed by atoms with Gasteiger partial charge in [-0.25, -0.2) is 0 Å². The Bertz CT molecular complexity index is 1440. The molecule has 0 bridgehead atoms. The molecule has 0 spiro atoms. The second-order valence-electron chi connectivity index (χ2n) is 8.88. The number of rotatable bonds is 4. The first-order valence-electron chi connectivity index (χ1n) is 11.8. The summed E-state index contributed by atoms with van der Waals surface area (Å²) in [5.41, 5.74) is 1.56. The van der Waals surface area contributed by atoms with Crippen molar-refractivity contribution >= 4 is 35.3 Å². The lowest BCUT2D eigenvalue weighted by Gasteiger charge is -2.27. The second-order valence-corrected chi connectivity index (χ2v) is 9.96. The van der Waals surface area contributed by atoms with Crippen molar-refractivity contribution in [2.24, 2.45) is 0 Å². The van der Waals surface area contributed by atoms with Crippen molar-refractivity contribution in [3.05, 3.63) is 87.8 Å². The van der Waals surface area contributed by atoms with Crippen LogP contribution in [0.4, 0.5) is 18.9 Å². The fraction of sp³-hybridized carbons (Fsp3) is 0.214. The summed E-state index contributed by atoms with van der Waals surface area (Å²) in [6.07, 6.45) is -2.87. The minimum Gasteiger partial charge on any atom is -0.486 e. The Morgan fingerprint density at radius 3 is 2.45 bits per heavy atom. The Labute approximate surface area is 221 Å². The van der Waals surface area contributed by atoms with E-state index in [2.05, 4.69) is 5.32 Å². The molecule has 1 N–H and O–H groups in total. The molecule has 0 saturated carbocycles. The number of halogens is 3. The maximum Gasteiger partial charge on any atom is 0.416 e. The fourth-order valence-corrected chi connectivity index (χ4v) is 5.24. The smallest absolute Gasteiger partial charge is 0.416 e. The number of likely N-dealkylation sites (N-methyl/N-ethyl adjacent to an activating group) is 1. The van der Waals surface area contributed by atoms with E-state index in [0.29, 0.717) is 46.4 Å². The molecule has 10 heteroatoms. The number of nitrogens with one attached hydrogen (secondary N) is 1. The largest absolute Gasteiger partial charge is 0.486 e. The summed E-state index contributed by atoms with van der Waals surface area (Å²) in [6, 6.07) is 15.0. The summed E-state index contributed by atoms with van der Waals surface area (Å²) in [5.74, 6) is 0.697. The first-order valence-corrected chi connectivity index (χ1v) is 12.6. The van der Waals surface area contributed by atoms with Gasteiger partial charge in [-0.15, -0.1) is 0 Å². The third-order valence-corrected chi connectivity index (χ3v) is 7.34. The number of alkyl halides is 3. The first-order chi connectivity index (χ1) is 18.1. The van der Waals surface area contributed by atoms with Gasteiger partial charge in [-0.1, -0.05) is 30.0 Å². The third kappa shape index (κ3) is 5.22. The van der Waals surface area contributed by atoms with Gasteiger partial charge in [0, 0.05) is 17.5 Å². The summed E-state index contributed by atoms with van der Waals surface area (Å²) in [4.78, 5) is 28.6. The highest BCUT2D eigenvalue weighted by atomic mass is 32.2. The van der Waals surface area contributed by atoms with Crippen LogP contribution in [0, 0.1) is 0 Å². The Morgan fingerprint density at radius 1 is 1.03 bits per heavy atom. The molecule has 2 heterocycles. The predicted octanol–water partition coefficient (Wildman–Crippen LogP) is 6.08. The third-order valence-electron chi connectivity index (χ3n) is 6.27. The van der Waals surface area contributed by atoms with Crippen LogP contribution in [0.15, 0.2) is 70.5 Å². The van der Waals surface area contributed by atoms with Crippen molar-refractivity contribution in [2.45, 2.75) is 24.0 Å². The SMILES string of the molecule is C[C@H](NC(=O)c1ccc2c(c1)N(C)C(=O)/C(=C/c1ccc(C(F)(F)F)cc1)S2)c1ccc2c(c1)OCCO2. The minimum atomic E-state index is -4.42. The summed E-state index contributed by atoms with van der Waals surface area (Å²) < 4.78 is 49.7. The van der Waals surface area contributed by atoms with Gasteiger partial charge >= 0.3 is 6.18 Å². The van der Waals surface area contributed by atoms with E-state index in [9.17, 15) is 22.8 Å². The van der Waals surface area contributed by atoms with Crippen LogP contribution in [0.3, 0.4) is 0 Å². The van der Waals surface area contributed by atoms with E-state index < -0.39 is 11.7 Å². The van der Waals surface area contributed by atoms with Crippen LogP contribution in [0.1, 0.15) is 40.0 Å². The Balaban J connectivity index is 1.32. The van der Waals surface area contributed by atoms with Crippen LogP contribution in [0.25, 0.3) is 6.08 Å². The molecule has 0 fully saturated rings. The average Bonchev–Trinajstić information content (AvgIpc) is 2.91. The lowest BCUT2D eigenvalue weighted by atomic mass is 10.1. The van der Waals surface area contributed by atoms with Crippen molar-refractivity contribution in [2.75, 3.05) is 25.2 Å². The molecule has 0 aromatic heterocycles. The normalized spacial score (nSPS) is 16.7. The van der Waals surface area contributed by atoms with E-state index >= 15 is 0 Å². The van der Waals surface area contributed by atoms with Crippen LogP contribution >= 0.6 is 11.8 Å². The van der Waals surface area contributed by atoms with Gasteiger partial charge in [-0.2, -0.15) is 13.2 Å². The highest BCUT2D eigenvalue weighted by Gasteiger charge is 2.30. The molecule has 0 saturated heterocycles. The number of fused-ring (bicyclic) bond motifs is 2. The molecule has 2 aliphatic rings. The number of carbonyl (C=O) groups excluding carboxylic acids is 2. The van der Waals surface area contributed by atoms with E-state index in [1.807, 2.05) is 25.1 Å². The van der Waals surface area contributed by atoms with Gasteiger partial charge in [0.2, 0.25) is 0 Å². The van der Waals surface area contributed by atoms with Gasteiger partial charge in [-0.05, 0) is 66.6 Å². The van der Waals surface area contributed by atoms with Crippen LogP contribution < -0.4 is 19.7 Å². The van der Waals surface area contributed by atoms with E-state index in [1.54, 1.807) is 31.3 Å². The van der Waals surface area contributed by atoms with Gasteiger partial charge in [0.1, 0.15) is 13.2 Å². The molecular weight excluding hydrogens is 517 g/mol. The number of nitrogens with zero attached hydrogens (tertiary/aromatic N) is 1. The molecule has 0 radical (unpaired) electrons. The van der Waals surface area contributed by atoms with Crippen LogP contribution in [0.2, 0.25) is 0 Å². The molecular formula is C28H23F3N2O4S. The lowest BCUT2D eigenvalue weighted by molar-refractivity contribution is -0.137. The van der Waals surface area contributed by atoms with Gasteiger partial charge in [0.15, 0.2) is 11.5 Å². The van der Waals surface area contributed by atoms with Crippen LogP contribution in [0.5, 0.6) is 11.5 Å². The molecule has 196 valence electrons. The van der Waals surface area contributed by atoms with E-state index in [4.69, 9.17) is 9.47 Å². The molecule has 0 unspecified atom stereocenters. The monoisotopic (exact) mass is 540 g/mol. The van der Waals surface area contributed by atoms with Crippen molar-refractivity contribution in [1.82, 2.24) is 5.32 Å². The second kappa shape index (κ2) is 10.1. The van der Waals surface area contributed by atoms with Gasteiger partial charge in [0.25, 0.3) is 11.8 Å². The zero-order valence-electron chi connectivity index (χ0n) is 20.5. The zero-order valence-corrected chi connectivity index (χ0v) is 21.3. The summed E-state index contributed by atoms with van der Waals surface area (Å²) in [7, 11) is 1.60. The van der Waals surface area contributed by atoms with E-state index in [1.165, 1.54) is 28.8 Å². The number of amides is 2. The van der Waals surface area contributed by atoms with Crippen molar-refractivity contribution < 1.29 is 32.2 Å². The number of hydrogen-bond acceptors (Lipinski definition) is 5. The number of hydrogen-bond donors (Lipinski definition) is 1. The molecule has 5 rings (SSSR count).